The highest BCUT2D eigenvalue weighted by Crippen LogP contribution is 2.40. The predicted octanol–water partition coefficient (Wildman–Crippen LogP) is 3.89. The topological polar surface area (TPSA) is 98.7 Å². The molecule has 2 heterocycles. The summed E-state index contributed by atoms with van der Waals surface area (Å²) in [6.45, 7) is 0.228. The number of sulfone groups is 1. The smallest absolute Gasteiger partial charge is 0.233 e. The number of benzene rings is 2. The fraction of sp³-hybridized carbons (Fsp3) is 0.208. The number of hydrogen-bond donors (Lipinski definition) is 0. The SMILES string of the molecule is COc1ccc(OC)c2sc(N(Cc3ccccn3)C(=O)Cc3ccc(S(C)(=O)=O)cc3)nc12. The molecule has 34 heavy (non-hydrogen) atoms. The molecule has 0 aliphatic heterocycles. The molecule has 0 spiro atoms. The molecular weight excluding hydrogens is 474 g/mol. The standard InChI is InChI=1S/C24H23N3O5S2/c1-31-19-11-12-20(32-2)23-22(19)26-24(33-23)27(15-17-6-4-5-13-25-17)21(28)14-16-7-9-18(10-8-16)34(3,29)30/h4-13H,14-15H2,1-3H3. The van der Waals surface area contributed by atoms with Gasteiger partial charge in [-0.05, 0) is 42.0 Å². The van der Waals surface area contributed by atoms with Crippen LogP contribution in [0.5, 0.6) is 11.5 Å². The van der Waals surface area contributed by atoms with Crippen LogP contribution in [0.3, 0.4) is 0 Å². The highest BCUT2D eigenvalue weighted by molar-refractivity contribution is 7.90. The first-order valence-corrected chi connectivity index (χ1v) is 13.0. The van der Waals surface area contributed by atoms with Crippen molar-refractivity contribution >= 4 is 42.4 Å². The fourth-order valence-corrected chi connectivity index (χ4v) is 5.15. The third kappa shape index (κ3) is 5.02. The molecule has 0 aliphatic rings. The van der Waals surface area contributed by atoms with Gasteiger partial charge in [0.1, 0.15) is 21.7 Å². The maximum absolute atomic E-state index is 13.5. The van der Waals surface area contributed by atoms with Gasteiger partial charge in [0.2, 0.25) is 5.91 Å². The summed E-state index contributed by atoms with van der Waals surface area (Å²) in [5.41, 5.74) is 2.01. The van der Waals surface area contributed by atoms with Gasteiger partial charge >= 0.3 is 0 Å². The molecule has 10 heteroatoms. The molecule has 2 aromatic carbocycles. The van der Waals surface area contributed by atoms with Crippen molar-refractivity contribution in [3.8, 4) is 11.5 Å². The van der Waals surface area contributed by atoms with E-state index in [2.05, 4.69) is 4.98 Å². The van der Waals surface area contributed by atoms with Crippen molar-refractivity contribution in [3.05, 3.63) is 72.1 Å². The predicted molar refractivity (Wildman–Crippen MR) is 131 cm³/mol. The summed E-state index contributed by atoms with van der Waals surface area (Å²) >= 11 is 1.33. The van der Waals surface area contributed by atoms with E-state index in [1.54, 1.807) is 49.6 Å². The minimum absolute atomic E-state index is 0.0705. The Morgan fingerprint density at radius 2 is 1.71 bits per heavy atom. The van der Waals surface area contributed by atoms with Gasteiger partial charge in [-0.3, -0.25) is 14.7 Å². The molecule has 0 atom stereocenters. The Kier molecular flexibility index (Phi) is 6.80. The Balaban J connectivity index is 1.72. The first kappa shape index (κ1) is 23.7. The molecular formula is C24H23N3O5S2. The van der Waals surface area contributed by atoms with E-state index in [9.17, 15) is 13.2 Å². The van der Waals surface area contributed by atoms with Gasteiger partial charge in [0.05, 0.1) is 37.8 Å². The van der Waals surface area contributed by atoms with Gasteiger partial charge in [0.15, 0.2) is 15.0 Å². The van der Waals surface area contributed by atoms with Gasteiger partial charge in [-0.15, -0.1) is 0 Å². The van der Waals surface area contributed by atoms with E-state index in [0.717, 1.165) is 11.0 Å². The maximum atomic E-state index is 13.5. The van der Waals surface area contributed by atoms with Crippen molar-refractivity contribution in [2.45, 2.75) is 17.9 Å². The average Bonchev–Trinajstić information content (AvgIpc) is 3.27. The Labute approximate surface area is 201 Å². The minimum Gasteiger partial charge on any atom is -0.495 e. The molecule has 0 bridgehead atoms. The van der Waals surface area contributed by atoms with Gasteiger partial charge in [0, 0.05) is 12.5 Å². The number of pyridine rings is 1. The molecule has 8 nitrogen and oxygen atoms in total. The summed E-state index contributed by atoms with van der Waals surface area (Å²) in [6, 6.07) is 15.4. The van der Waals surface area contributed by atoms with Crippen LogP contribution in [0, 0.1) is 0 Å². The van der Waals surface area contributed by atoms with Gasteiger partial charge in [-0.25, -0.2) is 13.4 Å². The van der Waals surface area contributed by atoms with E-state index in [4.69, 9.17) is 14.5 Å². The molecule has 1 amide bonds. The van der Waals surface area contributed by atoms with E-state index >= 15 is 0 Å². The third-order valence-corrected chi connectivity index (χ3v) is 7.41. The Hall–Kier alpha value is -3.50. The summed E-state index contributed by atoms with van der Waals surface area (Å²) in [6.07, 6.45) is 2.89. The second-order valence-electron chi connectivity index (χ2n) is 7.54. The quantitative estimate of drug-likeness (QED) is 0.364. The number of anilines is 1. The Morgan fingerprint density at radius 1 is 1.00 bits per heavy atom. The Morgan fingerprint density at radius 3 is 2.32 bits per heavy atom. The van der Waals surface area contributed by atoms with E-state index in [0.29, 0.717) is 33.4 Å². The number of rotatable bonds is 8. The highest BCUT2D eigenvalue weighted by atomic mass is 32.2. The van der Waals surface area contributed by atoms with E-state index in [1.807, 2.05) is 18.2 Å². The number of aromatic nitrogens is 2. The molecule has 0 unspecified atom stereocenters. The first-order chi connectivity index (χ1) is 16.3. The summed E-state index contributed by atoms with van der Waals surface area (Å²) in [4.78, 5) is 24.3. The van der Waals surface area contributed by atoms with Crippen molar-refractivity contribution in [2.24, 2.45) is 0 Å². The van der Waals surface area contributed by atoms with Crippen LogP contribution >= 0.6 is 11.3 Å². The summed E-state index contributed by atoms with van der Waals surface area (Å²) < 4.78 is 35.2. The van der Waals surface area contributed by atoms with Crippen molar-refractivity contribution < 1.29 is 22.7 Å². The number of hydrogen-bond acceptors (Lipinski definition) is 8. The van der Waals surface area contributed by atoms with Crippen LogP contribution in [-0.4, -0.2) is 44.8 Å². The first-order valence-electron chi connectivity index (χ1n) is 10.3. The largest absolute Gasteiger partial charge is 0.495 e. The minimum atomic E-state index is -3.31. The van der Waals surface area contributed by atoms with Crippen LogP contribution in [0.1, 0.15) is 11.3 Å². The lowest BCUT2D eigenvalue weighted by molar-refractivity contribution is -0.118. The number of nitrogens with zero attached hydrogens (tertiary/aromatic N) is 3. The van der Waals surface area contributed by atoms with Crippen molar-refractivity contribution in [1.82, 2.24) is 9.97 Å². The molecule has 0 saturated heterocycles. The molecule has 0 radical (unpaired) electrons. The summed E-state index contributed by atoms with van der Waals surface area (Å²) in [5.74, 6) is 1.02. The monoisotopic (exact) mass is 497 g/mol. The summed E-state index contributed by atoms with van der Waals surface area (Å²) in [7, 11) is -0.164. The third-order valence-electron chi connectivity index (χ3n) is 5.18. The average molecular weight is 498 g/mol. The number of carbonyl (C=O) groups is 1. The van der Waals surface area contributed by atoms with Crippen LogP contribution in [-0.2, 0) is 27.6 Å². The van der Waals surface area contributed by atoms with Gasteiger partial charge < -0.3 is 9.47 Å². The molecule has 0 N–H and O–H groups in total. The zero-order chi connectivity index (χ0) is 24.3. The van der Waals surface area contributed by atoms with Crippen molar-refractivity contribution in [3.63, 3.8) is 0 Å². The van der Waals surface area contributed by atoms with Gasteiger partial charge in [-0.2, -0.15) is 0 Å². The number of carbonyl (C=O) groups excluding carboxylic acids is 1. The number of amides is 1. The van der Waals surface area contributed by atoms with Crippen LogP contribution in [0.25, 0.3) is 10.2 Å². The van der Waals surface area contributed by atoms with Crippen molar-refractivity contribution in [1.29, 1.82) is 0 Å². The van der Waals surface area contributed by atoms with Gasteiger partial charge in [0.25, 0.3) is 0 Å². The van der Waals surface area contributed by atoms with Gasteiger partial charge in [-0.1, -0.05) is 29.5 Å². The maximum Gasteiger partial charge on any atom is 0.233 e. The summed E-state index contributed by atoms with van der Waals surface area (Å²) in [5, 5.41) is 0.487. The zero-order valence-corrected chi connectivity index (χ0v) is 20.5. The van der Waals surface area contributed by atoms with Crippen LogP contribution < -0.4 is 14.4 Å². The lowest BCUT2D eigenvalue weighted by atomic mass is 10.1. The molecule has 0 aliphatic carbocycles. The lowest BCUT2D eigenvalue weighted by Gasteiger charge is -2.19. The molecule has 0 fully saturated rings. The number of thiazole rings is 1. The van der Waals surface area contributed by atoms with E-state index in [1.165, 1.54) is 23.5 Å². The Bertz CT molecular complexity index is 1380. The van der Waals surface area contributed by atoms with E-state index in [-0.39, 0.29) is 23.8 Å². The molecule has 0 saturated carbocycles. The highest BCUT2D eigenvalue weighted by Gasteiger charge is 2.23. The molecule has 176 valence electrons. The van der Waals surface area contributed by atoms with Crippen LogP contribution in [0.15, 0.2) is 65.7 Å². The molecule has 4 aromatic rings. The number of fused-ring (bicyclic) bond motifs is 1. The molecule has 2 aromatic heterocycles. The van der Waals surface area contributed by atoms with Crippen LogP contribution in [0.4, 0.5) is 5.13 Å². The zero-order valence-electron chi connectivity index (χ0n) is 18.9. The van der Waals surface area contributed by atoms with Crippen LogP contribution in [0.2, 0.25) is 0 Å². The second kappa shape index (κ2) is 9.78. The number of methoxy groups -OCH3 is 2. The lowest BCUT2D eigenvalue weighted by Crippen LogP contribution is -2.32. The second-order valence-corrected chi connectivity index (χ2v) is 10.5. The molecule has 4 rings (SSSR count). The van der Waals surface area contributed by atoms with E-state index < -0.39 is 9.84 Å². The number of ether oxygens (including phenoxy) is 2. The van der Waals surface area contributed by atoms with Crippen molar-refractivity contribution in [2.75, 3.05) is 25.4 Å². The normalized spacial score (nSPS) is 11.4. The fourth-order valence-electron chi connectivity index (χ4n) is 3.43.